The number of amides is 1. The van der Waals surface area contributed by atoms with Crippen LogP contribution in [0.1, 0.15) is 30.6 Å². The molecule has 0 aromatic heterocycles. The second-order valence-corrected chi connectivity index (χ2v) is 4.48. The Bertz CT molecular complexity index is 489. The summed E-state index contributed by atoms with van der Waals surface area (Å²) in [7, 11) is 0. The van der Waals surface area contributed by atoms with E-state index in [9.17, 15) is 14.9 Å². The number of hydrogen-bond acceptors (Lipinski definition) is 5. The van der Waals surface area contributed by atoms with E-state index in [0.717, 1.165) is 6.42 Å². The van der Waals surface area contributed by atoms with Crippen LogP contribution >= 0.6 is 0 Å². The molecule has 0 aliphatic heterocycles. The van der Waals surface area contributed by atoms with Crippen molar-refractivity contribution in [3.8, 4) is 5.75 Å². The van der Waals surface area contributed by atoms with Crippen LogP contribution < -0.4 is 15.8 Å². The van der Waals surface area contributed by atoms with Crippen LogP contribution in [-0.4, -0.2) is 30.0 Å². The van der Waals surface area contributed by atoms with Crippen molar-refractivity contribution < 1.29 is 14.5 Å². The fourth-order valence-electron chi connectivity index (χ4n) is 1.49. The highest BCUT2D eigenvalue weighted by atomic mass is 16.6. The van der Waals surface area contributed by atoms with Crippen LogP contribution in [0.25, 0.3) is 0 Å². The average molecular weight is 281 g/mol. The molecule has 3 N–H and O–H groups in total. The molecular formula is C13H19N3O4. The van der Waals surface area contributed by atoms with E-state index in [0.29, 0.717) is 13.2 Å². The highest BCUT2D eigenvalue weighted by Gasteiger charge is 2.18. The molecule has 0 saturated heterocycles. The number of nitrogens with one attached hydrogen (secondary N) is 1. The zero-order valence-electron chi connectivity index (χ0n) is 11.6. The highest BCUT2D eigenvalue weighted by Crippen LogP contribution is 2.28. The van der Waals surface area contributed by atoms with E-state index in [4.69, 9.17) is 10.5 Å². The van der Waals surface area contributed by atoms with Crippen LogP contribution in [0.4, 0.5) is 5.69 Å². The van der Waals surface area contributed by atoms with Crippen LogP contribution in [0, 0.1) is 10.1 Å². The monoisotopic (exact) mass is 281 g/mol. The Morgan fingerprint density at radius 3 is 2.80 bits per heavy atom. The van der Waals surface area contributed by atoms with E-state index in [1.54, 1.807) is 6.92 Å². The number of benzene rings is 1. The van der Waals surface area contributed by atoms with Crippen molar-refractivity contribution in [3.05, 3.63) is 33.9 Å². The van der Waals surface area contributed by atoms with Gasteiger partial charge in [0.25, 0.3) is 5.91 Å². The SMILES string of the molecule is CCCOc1ccc(C(=O)NCC(C)N)cc1[N+](=O)[O-]. The van der Waals surface area contributed by atoms with Gasteiger partial charge in [-0.3, -0.25) is 14.9 Å². The third-order valence-corrected chi connectivity index (χ3v) is 2.46. The van der Waals surface area contributed by atoms with Gasteiger partial charge in [0.15, 0.2) is 5.75 Å². The molecule has 1 atom stereocenters. The number of nitro benzene ring substituents is 1. The van der Waals surface area contributed by atoms with E-state index < -0.39 is 10.8 Å². The number of carbonyl (C=O) groups excluding carboxylic acids is 1. The predicted molar refractivity (Wildman–Crippen MR) is 74.9 cm³/mol. The number of nitrogens with zero attached hydrogens (tertiary/aromatic N) is 1. The summed E-state index contributed by atoms with van der Waals surface area (Å²) in [6, 6.07) is 3.96. The molecule has 110 valence electrons. The van der Waals surface area contributed by atoms with Crippen LogP contribution in [0.5, 0.6) is 5.75 Å². The van der Waals surface area contributed by atoms with Crippen molar-refractivity contribution in [1.82, 2.24) is 5.32 Å². The second-order valence-electron chi connectivity index (χ2n) is 4.48. The topological polar surface area (TPSA) is 107 Å². The van der Waals surface area contributed by atoms with Crippen molar-refractivity contribution >= 4 is 11.6 Å². The Kier molecular flexibility index (Phi) is 5.92. The average Bonchev–Trinajstić information content (AvgIpc) is 2.42. The van der Waals surface area contributed by atoms with Crippen LogP contribution in [0.2, 0.25) is 0 Å². The molecular weight excluding hydrogens is 262 g/mol. The largest absolute Gasteiger partial charge is 0.487 e. The lowest BCUT2D eigenvalue weighted by Gasteiger charge is -2.09. The summed E-state index contributed by atoms with van der Waals surface area (Å²) in [5, 5.41) is 13.6. The molecule has 0 fully saturated rings. The smallest absolute Gasteiger partial charge is 0.311 e. The first-order valence-corrected chi connectivity index (χ1v) is 6.40. The lowest BCUT2D eigenvalue weighted by Crippen LogP contribution is -2.35. The van der Waals surface area contributed by atoms with Gasteiger partial charge < -0.3 is 15.8 Å². The number of nitro groups is 1. The summed E-state index contributed by atoms with van der Waals surface area (Å²) in [4.78, 5) is 22.3. The van der Waals surface area contributed by atoms with Crippen LogP contribution in [-0.2, 0) is 0 Å². The zero-order valence-corrected chi connectivity index (χ0v) is 11.6. The van der Waals surface area contributed by atoms with Gasteiger partial charge in [-0.25, -0.2) is 0 Å². The first-order chi connectivity index (χ1) is 9.45. The van der Waals surface area contributed by atoms with Gasteiger partial charge in [0, 0.05) is 24.2 Å². The van der Waals surface area contributed by atoms with E-state index in [-0.39, 0.29) is 23.0 Å². The molecule has 20 heavy (non-hydrogen) atoms. The van der Waals surface area contributed by atoms with Gasteiger partial charge in [-0.1, -0.05) is 6.92 Å². The van der Waals surface area contributed by atoms with Gasteiger partial charge in [-0.2, -0.15) is 0 Å². The molecule has 1 aromatic carbocycles. The number of nitrogens with two attached hydrogens (primary N) is 1. The minimum Gasteiger partial charge on any atom is -0.487 e. The summed E-state index contributed by atoms with van der Waals surface area (Å²) >= 11 is 0. The lowest BCUT2D eigenvalue weighted by atomic mass is 10.1. The van der Waals surface area contributed by atoms with Crippen LogP contribution in [0.15, 0.2) is 18.2 Å². The maximum Gasteiger partial charge on any atom is 0.311 e. The normalized spacial score (nSPS) is 11.8. The molecule has 0 saturated carbocycles. The molecule has 1 rings (SSSR count). The third kappa shape index (κ3) is 4.51. The summed E-state index contributed by atoms with van der Waals surface area (Å²) < 4.78 is 5.29. The highest BCUT2D eigenvalue weighted by molar-refractivity contribution is 5.95. The molecule has 7 nitrogen and oxygen atoms in total. The van der Waals surface area contributed by atoms with Crippen molar-refractivity contribution in [1.29, 1.82) is 0 Å². The summed E-state index contributed by atoms with van der Waals surface area (Å²) in [6.07, 6.45) is 0.744. The quantitative estimate of drug-likeness (QED) is 0.581. The summed E-state index contributed by atoms with van der Waals surface area (Å²) in [5.74, 6) is -0.229. The maximum atomic E-state index is 11.8. The van der Waals surface area contributed by atoms with E-state index >= 15 is 0 Å². The number of rotatable bonds is 7. The fraction of sp³-hybridized carbons (Fsp3) is 0.462. The Morgan fingerprint density at radius 1 is 1.55 bits per heavy atom. The van der Waals surface area contributed by atoms with E-state index in [1.165, 1.54) is 18.2 Å². The number of carbonyl (C=O) groups is 1. The van der Waals surface area contributed by atoms with Crippen molar-refractivity contribution in [2.45, 2.75) is 26.3 Å². The van der Waals surface area contributed by atoms with Crippen molar-refractivity contribution in [2.24, 2.45) is 5.73 Å². The Balaban J connectivity index is 2.92. The second kappa shape index (κ2) is 7.44. The third-order valence-electron chi connectivity index (χ3n) is 2.46. The molecule has 1 amide bonds. The lowest BCUT2D eigenvalue weighted by molar-refractivity contribution is -0.385. The molecule has 0 aliphatic carbocycles. The molecule has 0 radical (unpaired) electrons. The first kappa shape index (κ1) is 15.9. The number of ether oxygens (including phenoxy) is 1. The van der Waals surface area contributed by atoms with Gasteiger partial charge in [-0.05, 0) is 25.5 Å². The van der Waals surface area contributed by atoms with Crippen molar-refractivity contribution in [3.63, 3.8) is 0 Å². The minimum atomic E-state index is -0.562. The van der Waals surface area contributed by atoms with Gasteiger partial charge in [-0.15, -0.1) is 0 Å². The predicted octanol–water partition coefficient (Wildman–Crippen LogP) is 1.46. The summed E-state index contributed by atoms with van der Waals surface area (Å²) in [6.45, 7) is 4.35. The zero-order chi connectivity index (χ0) is 15.1. The van der Waals surface area contributed by atoms with Gasteiger partial charge in [0.1, 0.15) is 0 Å². The summed E-state index contributed by atoms with van der Waals surface area (Å²) in [5.41, 5.74) is 5.53. The first-order valence-electron chi connectivity index (χ1n) is 6.40. The standard InChI is InChI=1S/C13H19N3O4/c1-3-6-20-12-5-4-10(7-11(12)16(18)19)13(17)15-8-9(2)14/h4-5,7,9H,3,6,8,14H2,1-2H3,(H,15,17). The Hall–Kier alpha value is -2.15. The molecule has 0 bridgehead atoms. The Labute approximate surface area is 117 Å². The molecule has 0 aliphatic rings. The van der Waals surface area contributed by atoms with Gasteiger partial charge in [0.05, 0.1) is 11.5 Å². The molecule has 1 unspecified atom stereocenters. The molecule has 7 heteroatoms. The van der Waals surface area contributed by atoms with Gasteiger partial charge in [0.2, 0.25) is 0 Å². The fourth-order valence-corrected chi connectivity index (χ4v) is 1.49. The van der Waals surface area contributed by atoms with E-state index in [2.05, 4.69) is 5.32 Å². The molecule has 0 spiro atoms. The number of hydrogen-bond donors (Lipinski definition) is 2. The van der Waals surface area contributed by atoms with E-state index in [1.807, 2.05) is 6.92 Å². The van der Waals surface area contributed by atoms with Crippen molar-refractivity contribution in [2.75, 3.05) is 13.2 Å². The maximum absolute atomic E-state index is 11.8. The molecule has 1 aromatic rings. The minimum absolute atomic E-state index is 0.167. The molecule has 0 heterocycles. The van der Waals surface area contributed by atoms with Crippen LogP contribution in [0.3, 0.4) is 0 Å². The van der Waals surface area contributed by atoms with Gasteiger partial charge >= 0.3 is 5.69 Å². The Morgan fingerprint density at radius 2 is 2.25 bits per heavy atom.